The number of imide groups is 2. The van der Waals surface area contributed by atoms with Gasteiger partial charge in [-0.15, -0.1) is 23.2 Å². The molecule has 6 atom stereocenters. The monoisotopic (exact) mass is 662 g/mol. The van der Waals surface area contributed by atoms with Gasteiger partial charge in [-0.2, -0.15) is 0 Å². The largest absolute Gasteiger partial charge is 0.491 e. The van der Waals surface area contributed by atoms with Gasteiger partial charge in [0.15, 0.2) is 9.75 Å². The molecule has 0 radical (unpaired) electrons. The van der Waals surface area contributed by atoms with Gasteiger partial charge in [0.25, 0.3) is 11.8 Å². The van der Waals surface area contributed by atoms with Crippen LogP contribution in [0, 0.1) is 23.6 Å². The molecule has 6 unspecified atom stereocenters. The molecule has 1 saturated carbocycles. The number of nitrogens with zero attached hydrogens (tertiary/aromatic N) is 2. The topological polar surface area (TPSA) is 104 Å². The Kier molecular flexibility index (Phi) is 7.54. The summed E-state index contributed by atoms with van der Waals surface area (Å²) in [6.45, 7) is -0.215. The number of fused-ring (bicyclic) bond motifs is 4. The van der Waals surface area contributed by atoms with E-state index in [-0.39, 0.29) is 50.1 Å². The zero-order chi connectivity index (χ0) is 32.4. The van der Waals surface area contributed by atoms with E-state index in [1.54, 1.807) is 24.3 Å². The zero-order valence-electron chi connectivity index (χ0n) is 24.4. The molecule has 0 bridgehead atoms. The molecule has 2 heterocycles. The van der Waals surface area contributed by atoms with Crippen LogP contribution in [0.2, 0.25) is 0 Å². The number of alkyl halides is 2. The summed E-state index contributed by atoms with van der Waals surface area (Å²) in [6, 6.07) is 20.9. The molecular weight excluding hydrogens is 634 g/mol. The number of para-hydroxylation sites is 1. The summed E-state index contributed by atoms with van der Waals surface area (Å²) in [7, 11) is 0. The Bertz CT molecular complexity index is 1780. The Morgan fingerprint density at radius 2 is 1.57 bits per heavy atom. The Morgan fingerprint density at radius 3 is 2.28 bits per heavy atom. The molecule has 4 aliphatic rings. The molecule has 1 N–H and O–H groups in total. The van der Waals surface area contributed by atoms with Crippen LogP contribution in [0.4, 0.5) is 10.1 Å². The fourth-order valence-corrected chi connectivity index (χ4v) is 8.66. The first kappa shape index (κ1) is 30.6. The second kappa shape index (κ2) is 11.3. The van der Waals surface area contributed by atoms with Crippen molar-refractivity contribution >= 4 is 52.5 Å². The minimum Gasteiger partial charge on any atom is -0.491 e. The van der Waals surface area contributed by atoms with Gasteiger partial charge in [0.1, 0.15) is 18.2 Å². The number of anilines is 1. The number of ether oxygens (including phenoxy) is 1. The molecule has 46 heavy (non-hydrogen) atoms. The van der Waals surface area contributed by atoms with Crippen molar-refractivity contribution in [3.8, 4) is 5.75 Å². The lowest BCUT2D eigenvalue weighted by molar-refractivity contribution is -0.141. The van der Waals surface area contributed by atoms with Gasteiger partial charge in [0, 0.05) is 11.5 Å². The van der Waals surface area contributed by atoms with E-state index in [0.717, 1.165) is 22.6 Å². The predicted molar refractivity (Wildman–Crippen MR) is 168 cm³/mol. The SMILES string of the molecule is O=C1C2CC=C3C(CC4(Cl)C(=O)N(c5ccc(F)cc5)C(=O)C4(Cl)C3c3ccccc3OCCO)C2C(=O)N1Cc1ccccc1. The fourth-order valence-electron chi connectivity index (χ4n) is 7.74. The van der Waals surface area contributed by atoms with Crippen LogP contribution in [-0.2, 0) is 25.7 Å². The summed E-state index contributed by atoms with van der Waals surface area (Å²) in [5.41, 5.74) is 1.97. The molecule has 7 rings (SSSR count). The number of benzene rings is 3. The van der Waals surface area contributed by atoms with Gasteiger partial charge in [-0.3, -0.25) is 24.1 Å². The van der Waals surface area contributed by atoms with E-state index in [9.17, 15) is 28.7 Å². The Labute approximate surface area is 274 Å². The first-order valence-corrected chi connectivity index (χ1v) is 15.8. The van der Waals surface area contributed by atoms with E-state index >= 15 is 0 Å². The Morgan fingerprint density at radius 1 is 0.870 bits per heavy atom. The highest BCUT2D eigenvalue weighted by atomic mass is 35.5. The normalized spacial score (nSPS) is 30.2. The van der Waals surface area contributed by atoms with Gasteiger partial charge in [-0.25, -0.2) is 9.29 Å². The van der Waals surface area contributed by atoms with Crippen molar-refractivity contribution in [2.45, 2.75) is 35.1 Å². The molecule has 236 valence electrons. The van der Waals surface area contributed by atoms with Gasteiger partial charge >= 0.3 is 0 Å². The number of hydrogen-bond acceptors (Lipinski definition) is 6. The van der Waals surface area contributed by atoms with Crippen molar-refractivity contribution in [1.82, 2.24) is 4.90 Å². The van der Waals surface area contributed by atoms with E-state index in [0.29, 0.717) is 16.9 Å². The average molecular weight is 664 g/mol. The van der Waals surface area contributed by atoms with Crippen molar-refractivity contribution in [1.29, 1.82) is 0 Å². The van der Waals surface area contributed by atoms with Gasteiger partial charge in [0.05, 0.1) is 30.7 Å². The van der Waals surface area contributed by atoms with Crippen LogP contribution in [0.3, 0.4) is 0 Å². The van der Waals surface area contributed by atoms with E-state index in [1.165, 1.54) is 17.0 Å². The van der Waals surface area contributed by atoms with Crippen molar-refractivity contribution < 1.29 is 33.4 Å². The van der Waals surface area contributed by atoms with Gasteiger partial charge in [-0.05, 0) is 54.7 Å². The van der Waals surface area contributed by atoms with Crippen molar-refractivity contribution in [2.24, 2.45) is 17.8 Å². The number of likely N-dealkylation sites (tertiary alicyclic amines) is 1. The fraction of sp³-hybridized carbons (Fsp3) is 0.314. The lowest BCUT2D eigenvalue weighted by atomic mass is 9.56. The number of hydrogen-bond donors (Lipinski definition) is 1. The Hall–Kier alpha value is -4.05. The molecule has 11 heteroatoms. The van der Waals surface area contributed by atoms with E-state index < -0.39 is 51.1 Å². The summed E-state index contributed by atoms with van der Waals surface area (Å²) in [5.74, 6) is -5.74. The number of aliphatic hydroxyl groups excluding tert-OH is 1. The second-order valence-electron chi connectivity index (χ2n) is 12.1. The molecule has 0 aromatic heterocycles. The number of allylic oxidation sites excluding steroid dienone is 2. The van der Waals surface area contributed by atoms with Crippen LogP contribution < -0.4 is 9.64 Å². The maximum atomic E-state index is 14.5. The summed E-state index contributed by atoms with van der Waals surface area (Å²) in [4.78, 5) is 54.8. The summed E-state index contributed by atoms with van der Waals surface area (Å²) < 4.78 is 19.7. The van der Waals surface area contributed by atoms with E-state index in [1.807, 2.05) is 36.4 Å². The third-order valence-electron chi connectivity index (χ3n) is 9.75. The molecule has 2 saturated heterocycles. The third-order valence-corrected chi connectivity index (χ3v) is 11.2. The molecular formula is C35H29Cl2FN2O6. The lowest BCUT2D eigenvalue weighted by Gasteiger charge is -2.51. The summed E-state index contributed by atoms with van der Waals surface area (Å²) >= 11 is 14.8. The smallest absolute Gasteiger partial charge is 0.258 e. The lowest BCUT2D eigenvalue weighted by Crippen LogP contribution is -2.60. The van der Waals surface area contributed by atoms with Crippen LogP contribution in [0.15, 0.2) is 90.5 Å². The third kappa shape index (κ3) is 4.36. The van der Waals surface area contributed by atoms with Crippen molar-refractivity contribution in [2.75, 3.05) is 18.1 Å². The van der Waals surface area contributed by atoms with Gasteiger partial charge in [0.2, 0.25) is 11.8 Å². The van der Waals surface area contributed by atoms with Crippen LogP contribution in [-0.4, -0.2) is 56.6 Å². The van der Waals surface area contributed by atoms with Gasteiger partial charge < -0.3 is 9.84 Å². The van der Waals surface area contributed by atoms with Crippen molar-refractivity contribution in [3.05, 3.63) is 107 Å². The molecule has 2 aliphatic heterocycles. The molecule has 3 aromatic carbocycles. The summed E-state index contributed by atoms with van der Waals surface area (Å²) in [6.07, 6.45) is 1.91. The first-order chi connectivity index (χ1) is 22.1. The van der Waals surface area contributed by atoms with Crippen LogP contribution >= 0.6 is 23.2 Å². The van der Waals surface area contributed by atoms with Crippen molar-refractivity contribution in [3.63, 3.8) is 0 Å². The van der Waals surface area contributed by atoms with Gasteiger partial charge in [-0.1, -0.05) is 60.2 Å². The number of halogens is 3. The van der Waals surface area contributed by atoms with E-state index in [4.69, 9.17) is 27.9 Å². The average Bonchev–Trinajstić information content (AvgIpc) is 3.38. The number of amides is 4. The number of carbonyl (C=O) groups excluding carboxylic acids is 4. The molecule has 3 fully saturated rings. The van der Waals surface area contributed by atoms with Crippen LogP contribution in [0.25, 0.3) is 0 Å². The minimum absolute atomic E-state index is 0.0474. The quantitative estimate of drug-likeness (QED) is 0.218. The van der Waals surface area contributed by atoms with Crippen LogP contribution in [0.5, 0.6) is 5.75 Å². The molecule has 2 aliphatic carbocycles. The molecule has 3 aromatic rings. The summed E-state index contributed by atoms with van der Waals surface area (Å²) in [5, 5.41) is 9.51. The first-order valence-electron chi connectivity index (χ1n) is 15.1. The maximum absolute atomic E-state index is 14.5. The highest BCUT2D eigenvalue weighted by Crippen LogP contribution is 2.66. The minimum atomic E-state index is -2.08. The van der Waals surface area contributed by atoms with E-state index in [2.05, 4.69) is 0 Å². The highest BCUT2D eigenvalue weighted by Gasteiger charge is 2.76. The zero-order valence-corrected chi connectivity index (χ0v) is 26.0. The molecule has 8 nitrogen and oxygen atoms in total. The number of aliphatic hydroxyl groups is 1. The Balaban J connectivity index is 1.38. The second-order valence-corrected chi connectivity index (χ2v) is 13.4. The molecule has 4 amide bonds. The standard InChI is InChI=1S/C35H29Cl2FN2O6/c36-34-18-26-23(14-15-25-28(26)31(43)39(30(25)42)19-20-6-2-1-3-7-20)29(24-8-4-5-9-27(24)46-17-16-41)35(34,37)33(45)40(32(34)44)22-12-10-21(38)11-13-22/h1-14,25-26,28-29,41H,15-19H2. The maximum Gasteiger partial charge on any atom is 0.258 e. The predicted octanol–water partition coefficient (Wildman–Crippen LogP) is 4.96. The van der Waals surface area contributed by atoms with Crippen LogP contribution in [0.1, 0.15) is 29.9 Å². The highest BCUT2D eigenvalue weighted by molar-refractivity contribution is 6.58. The number of carbonyl (C=O) groups is 4. The molecule has 0 spiro atoms. The number of rotatable bonds is 7.